The summed E-state index contributed by atoms with van der Waals surface area (Å²) in [7, 11) is 0. The molecule has 0 unspecified atom stereocenters. The van der Waals surface area contributed by atoms with Crippen LogP contribution in [-0.4, -0.2) is 38.7 Å². The summed E-state index contributed by atoms with van der Waals surface area (Å²) >= 11 is 1.32. The number of hydrogen-bond donors (Lipinski definition) is 3. The smallest absolute Gasteiger partial charge is 0.284 e. The van der Waals surface area contributed by atoms with Crippen molar-refractivity contribution in [2.75, 3.05) is 6.54 Å². The Balaban J connectivity index is 1.56. The highest BCUT2D eigenvalue weighted by Crippen LogP contribution is 2.30. The van der Waals surface area contributed by atoms with Gasteiger partial charge in [0.25, 0.3) is 11.8 Å². The van der Waals surface area contributed by atoms with E-state index in [1.165, 1.54) is 11.3 Å². The fourth-order valence-electron chi connectivity index (χ4n) is 3.47. The van der Waals surface area contributed by atoms with Crippen LogP contribution in [0.5, 0.6) is 0 Å². The number of aromatic nitrogens is 2. The van der Waals surface area contributed by atoms with Crippen molar-refractivity contribution >= 4 is 23.2 Å². The molecule has 1 aliphatic carbocycles. The summed E-state index contributed by atoms with van der Waals surface area (Å²) in [6.07, 6.45) is 4.82. The van der Waals surface area contributed by atoms with Gasteiger partial charge in [-0.2, -0.15) is 5.10 Å². The molecular formula is C16H18N4O3S. The second kappa shape index (κ2) is 6.03. The molecule has 0 fully saturated rings. The predicted octanol–water partition coefficient (Wildman–Crippen LogP) is 1.67. The van der Waals surface area contributed by atoms with Crippen molar-refractivity contribution in [3.8, 4) is 0 Å². The summed E-state index contributed by atoms with van der Waals surface area (Å²) in [4.78, 5) is 27.7. The number of carbonyl (C=O) groups is 2. The van der Waals surface area contributed by atoms with Crippen LogP contribution in [0.15, 0.2) is 6.07 Å². The summed E-state index contributed by atoms with van der Waals surface area (Å²) in [5.74, 6) is -0.546. The topological polar surface area (TPSA) is 98.3 Å². The highest BCUT2D eigenvalue weighted by Gasteiger charge is 2.29. The highest BCUT2D eigenvalue weighted by atomic mass is 32.1. The molecule has 2 aliphatic rings. The summed E-state index contributed by atoms with van der Waals surface area (Å²) in [6.45, 7) is 1.10. The average molecular weight is 346 g/mol. The van der Waals surface area contributed by atoms with Gasteiger partial charge in [-0.05, 0) is 43.7 Å². The third-order valence-electron chi connectivity index (χ3n) is 4.75. The average Bonchev–Trinajstić information content (AvgIpc) is 3.23. The van der Waals surface area contributed by atoms with Crippen molar-refractivity contribution in [1.82, 2.24) is 20.6 Å². The van der Waals surface area contributed by atoms with Crippen LogP contribution in [0.1, 0.15) is 54.7 Å². The molecule has 7 nitrogen and oxygen atoms in total. The molecular weight excluding hydrogens is 328 g/mol. The van der Waals surface area contributed by atoms with Gasteiger partial charge in [0.1, 0.15) is 0 Å². The zero-order valence-corrected chi connectivity index (χ0v) is 13.9. The second-order valence-electron chi connectivity index (χ2n) is 6.21. The van der Waals surface area contributed by atoms with Gasteiger partial charge in [0.15, 0.2) is 5.69 Å². The maximum Gasteiger partial charge on any atom is 0.284 e. The van der Waals surface area contributed by atoms with Gasteiger partial charge >= 0.3 is 0 Å². The van der Waals surface area contributed by atoms with Gasteiger partial charge in [0.05, 0.1) is 11.4 Å². The Morgan fingerprint density at radius 1 is 1.29 bits per heavy atom. The largest absolute Gasteiger partial charge is 0.332 e. The quantitative estimate of drug-likeness (QED) is 0.569. The van der Waals surface area contributed by atoms with Gasteiger partial charge in [-0.3, -0.25) is 19.9 Å². The van der Waals surface area contributed by atoms with Crippen molar-refractivity contribution in [2.45, 2.75) is 38.6 Å². The Morgan fingerprint density at radius 3 is 2.96 bits per heavy atom. The first-order chi connectivity index (χ1) is 11.7. The number of rotatable bonds is 2. The molecule has 4 rings (SSSR count). The van der Waals surface area contributed by atoms with E-state index in [4.69, 9.17) is 5.21 Å². The maximum atomic E-state index is 12.9. The van der Waals surface area contributed by atoms with Crippen LogP contribution in [0.4, 0.5) is 0 Å². The molecule has 0 radical (unpaired) electrons. The molecule has 1 aliphatic heterocycles. The minimum absolute atomic E-state index is 0.0402. The lowest BCUT2D eigenvalue weighted by Gasteiger charge is -2.26. The molecule has 2 amide bonds. The van der Waals surface area contributed by atoms with Crippen LogP contribution >= 0.6 is 11.3 Å². The molecule has 0 saturated carbocycles. The van der Waals surface area contributed by atoms with Gasteiger partial charge in [-0.15, -0.1) is 11.3 Å². The summed E-state index contributed by atoms with van der Waals surface area (Å²) in [6, 6.07) is 1.80. The van der Waals surface area contributed by atoms with Crippen LogP contribution in [0.25, 0.3) is 0 Å². The van der Waals surface area contributed by atoms with Crippen LogP contribution in [0.2, 0.25) is 0 Å². The Bertz CT molecular complexity index is 810. The molecule has 126 valence electrons. The number of hydroxylamine groups is 1. The Labute approximate surface area is 142 Å². The number of carbonyl (C=O) groups excluding carboxylic acids is 2. The fourth-order valence-corrected chi connectivity index (χ4v) is 4.59. The number of nitrogens with zero attached hydrogens (tertiary/aromatic N) is 2. The van der Waals surface area contributed by atoms with Gasteiger partial charge in [-0.25, -0.2) is 5.48 Å². The first-order valence-corrected chi connectivity index (χ1v) is 8.90. The van der Waals surface area contributed by atoms with Gasteiger partial charge in [-0.1, -0.05) is 0 Å². The van der Waals surface area contributed by atoms with Crippen molar-refractivity contribution in [3.05, 3.63) is 38.3 Å². The summed E-state index contributed by atoms with van der Waals surface area (Å²) < 4.78 is 0. The van der Waals surface area contributed by atoms with Crippen LogP contribution in [0.3, 0.4) is 0 Å². The SMILES string of the molecule is O=C(NO)c1cc2c(s1)CN(C(=O)c1n[nH]c3c1CCCC3)CC2. The lowest BCUT2D eigenvalue weighted by atomic mass is 9.95. The number of amides is 2. The molecule has 24 heavy (non-hydrogen) atoms. The third-order valence-corrected chi connectivity index (χ3v) is 5.91. The van der Waals surface area contributed by atoms with E-state index in [-0.39, 0.29) is 5.91 Å². The van der Waals surface area contributed by atoms with Crippen molar-refractivity contribution in [3.63, 3.8) is 0 Å². The second-order valence-corrected chi connectivity index (χ2v) is 7.35. The minimum atomic E-state index is -0.506. The standard InChI is InChI=1S/C16H18N4O3S/c21-15(19-23)12-7-9-5-6-20(8-13(9)24-12)16(22)14-10-3-1-2-4-11(10)17-18-14/h7,23H,1-6,8H2,(H,17,18)(H,19,21). The van der Waals surface area contributed by atoms with Gasteiger partial charge in [0, 0.05) is 22.7 Å². The number of fused-ring (bicyclic) bond motifs is 2. The maximum absolute atomic E-state index is 12.9. The van der Waals surface area contributed by atoms with E-state index < -0.39 is 5.91 Å². The number of hydrogen-bond acceptors (Lipinski definition) is 5. The third kappa shape index (κ3) is 2.51. The Kier molecular flexibility index (Phi) is 3.85. The van der Waals surface area contributed by atoms with Crippen LogP contribution < -0.4 is 5.48 Å². The molecule has 2 aromatic rings. The van der Waals surface area contributed by atoms with Crippen LogP contribution in [-0.2, 0) is 25.8 Å². The number of thiophene rings is 1. The number of nitrogens with one attached hydrogen (secondary N) is 2. The molecule has 3 N–H and O–H groups in total. The molecule has 2 aromatic heterocycles. The zero-order chi connectivity index (χ0) is 16.7. The first kappa shape index (κ1) is 15.3. The van der Waals surface area contributed by atoms with E-state index in [0.29, 0.717) is 30.1 Å². The number of aryl methyl sites for hydroxylation is 1. The molecule has 0 bridgehead atoms. The molecule has 0 saturated heterocycles. The number of aromatic amines is 1. The Hall–Kier alpha value is -2.19. The fraction of sp³-hybridized carbons (Fsp3) is 0.438. The Morgan fingerprint density at radius 2 is 2.12 bits per heavy atom. The van der Waals surface area contributed by atoms with Crippen LogP contribution in [0, 0.1) is 0 Å². The van der Waals surface area contributed by atoms with E-state index in [9.17, 15) is 9.59 Å². The lowest BCUT2D eigenvalue weighted by Crippen LogP contribution is -2.36. The van der Waals surface area contributed by atoms with Gasteiger partial charge in [0.2, 0.25) is 0 Å². The molecule has 0 spiro atoms. The van der Waals surface area contributed by atoms with Crippen molar-refractivity contribution < 1.29 is 14.8 Å². The van der Waals surface area contributed by atoms with E-state index in [1.807, 2.05) is 0 Å². The van der Waals surface area contributed by atoms with E-state index >= 15 is 0 Å². The summed E-state index contributed by atoms with van der Waals surface area (Å²) in [5, 5.41) is 16.0. The van der Waals surface area contributed by atoms with Crippen molar-refractivity contribution in [1.29, 1.82) is 0 Å². The molecule has 3 heterocycles. The summed E-state index contributed by atoms with van der Waals surface area (Å²) in [5.41, 5.74) is 5.46. The highest BCUT2D eigenvalue weighted by molar-refractivity contribution is 7.14. The normalized spacial score (nSPS) is 16.5. The van der Waals surface area contributed by atoms with E-state index in [0.717, 1.165) is 47.4 Å². The number of H-pyrrole nitrogens is 1. The monoisotopic (exact) mass is 346 g/mol. The van der Waals surface area contributed by atoms with E-state index in [2.05, 4.69) is 10.2 Å². The molecule has 0 atom stereocenters. The first-order valence-electron chi connectivity index (χ1n) is 8.08. The zero-order valence-electron chi connectivity index (χ0n) is 13.1. The predicted molar refractivity (Wildman–Crippen MR) is 87.2 cm³/mol. The lowest BCUT2D eigenvalue weighted by molar-refractivity contribution is 0.0709. The molecule has 0 aromatic carbocycles. The minimum Gasteiger partial charge on any atom is -0.332 e. The van der Waals surface area contributed by atoms with E-state index in [1.54, 1.807) is 16.4 Å². The van der Waals surface area contributed by atoms with Crippen molar-refractivity contribution in [2.24, 2.45) is 0 Å². The van der Waals surface area contributed by atoms with Gasteiger partial charge < -0.3 is 4.90 Å². The molecule has 8 heteroatoms.